The van der Waals surface area contributed by atoms with Gasteiger partial charge < -0.3 is 14.2 Å². The predicted octanol–water partition coefficient (Wildman–Crippen LogP) is 1.17. The van der Waals surface area contributed by atoms with Gasteiger partial charge >= 0.3 is 5.97 Å². The lowest BCUT2D eigenvalue weighted by molar-refractivity contribution is -0.146. The Labute approximate surface area is 135 Å². The second-order valence-corrected chi connectivity index (χ2v) is 7.35. The van der Waals surface area contributed by atoms with Crippen LogP contribution in [0.15, 0.2) is 23.1 Å². The maximum absolute atomic E-state index is 12.9. The SMILES string of the molecule is COC(=O)[C@@H]1CCCCN1S(=O)(=O)c1ccc2c(c1)OCCO2. The molecule has 3 rings (SSSR count). The van der Waals surface area contributed by atoms with Crippen LogP contribution in [0, 0.1) is 0 Å². The molecule has 126 valence electrons. The van der Waals surface area contributed by atoms with Crippen molar-refractivity contribution in [2.75, 3.05) is 26.9 Å². The number of methoxy groups -OCH3 is 1. The van der Waals surface area contributed by atoms with E-state index in [9.17, 15) is 13.2 Å². The Morgan fingerprint density at radius 2 is 1.96 bits per heavy atom. The maximum atomic E-state index is 12.9. The van der Waals surface area contributed by atoms with Crippen molar-refractivity contribution in [3.05, 3.63) is 18.2 Å². The first kappa shape index (κ1) is 16.1. The quantitative estimate of drug-likeness (QED) is 0.768. The molecule has 0 radical (unpaired) electrons. The number of benzene rings is 1. The molecule has 0 N–H and O–H groups in total. The van der Waals surface area contributed by atoms with Gasteiger partial charge in [0, 0.05) is 12.6 Å². The van der Waals surface area contributed by atoms with E-state index in [0.717, 1.165) is 12.8 Å². The van der Waals surface area contributed by atoms with E-state index in [2.05, 4.69) is 0 Å². The van der Waals surface area contributed by atoms with Crippen molar-refractivity contribution in [2.45, 2.75) is 30.2 Å². The van der Waals surface area contributed by atoms with Crippen LogP contribution in [0.25, 0.3) is 0 Å². The fourth-order valence-corrected chi connectivity index (χ4v) is 4.55. The first-order valence-corrected chi connectivity index (χ1v) is 8.97. The second kappa shape index (κ2) is 6.37. The van der Waals surface area contributed by atoms with Gasteiger partial charge in [0.1, 0.15) is 19.3 Å². The summed E-state index contributed by atoms with van der Waals surface area (Å²) in [6.07, 6.45) is 1.99. The molecule has 7 nitrogen and oxygen atoms in total. The van der Waals surface area contributed by atoms with Gasteiger partial charge in [0.2, 0.25) is 10.0 Å². The Bertz CT molecular complexity index is 702. The van der Waals surface area contributed by atoms with E-state index in [1.54, 1.807) is 6.07 Å². The van der Waals surface area contributed by atoms with Gasteiger partial charge in [0.15, 0.2) is 11.5 Å². The number of piperidine rings is 1. The molecule has 0 saturated carbocycles. The van der Waals surface area contributed by atoms with Gasteiger partial charge in [-0.1, -0.05) is 0 Å². The first-order chi connectivity index (χ1) is 11.0. The van der Waals surface area contributed by atoms with Crippen LogP contribution in [0.2, 0.25) is 0 Å². The number of carbonyl (C=O) groups is 1. The van der Waals surface area contributed by atoms with Crippen LogP contribution >= 0.6 is 0 Å². The van der Waals surface area contributed by atoms with Crippen LogP contribution in [-0.4, -0.2) is 51.6 Å². The molecule has 8 heteroatoms. The van der Waals surface area contributed by atoms with E-state index in [0.29, 0.717) is 37.7 Å². The van der Waals surface area contributed by atoms with Gasteiger partial charge in [-0.25, -0.2) is 8.42 Å². The number of hydrogen-bond donors (Lipinski definition) is 0. The van der Waals surface area contributed by atoms with Crippen LogP contribution < -0.4 is 9.47 Å². The minimum atomic E-state index is -3.80. The number of esters is 1. The van der Waals surface area contributed by atoms with Crippen LogP contribution in [0.3, 0.4) is 0 Å². The monoisotopic (exact) mass is 341 g/mol. The third kappa shape index (κ3) is 3.00. The molecule has 0 spiro atoms. The van der Waals surface area contributed by atoms with Crippen molar-refractivity contribution in [3.8, 4) is 11.5 Å². The summed E-state index contributed by atoms with van der Waals surface area (Å²) in [6.45, 7) is 1.12. The molecule has 1 saturated heterocycles. The molecule has 1 aromatic rings. The zero-order chi connectivity index (χ0) is 16.4. The summed E-state index contributed by atoms with van der Waals surface area (Å²) >= 11 is 0. The van der Waals surface area contributed by atoms with Gasteiger partial charge in [-0.15, -0.1) is 0 Å². The van der Waals surface area contributed by atoms with Crippen molar-refractivity contribution in [2.24, 2.45) is 0 Å². The predicted molar refractivity (Wildman–Crippen MR) is 81.0 cm³/mol. The average molecular weight is 341 g/mol. The van der Waals surface area contributed by atoms with E-state index in [4.69, 9.17) is 14.2 Å². The average Bonchev–Trinajstić information content (AvgIpc) is 2.60. The molecule has 1 aromatic carbocycles. The van der Waals surface area contributed by atoms with E-state index in [-0.39, 0.29) is 4.90 Å². The fourth-order valence-electron chi connectivity index (χ4n) is 2.88. The van der Waals surface area contributed by atoms with Gasteiger partial charge in [-0.3, -0.25) is 4.79 Å². The first-order valence-electron chi connectivity index (χ1n) is 7.53. The fraction of sp³-hybridized carbons (Fsp3) is 0.533. The Balaban J connectivity index is 1.95. The molecule has 23 heavy (non-hydrogen) atoms. The third-order valence-corrected chi connectivity index (χ3v) is 5.95. The van der Waals surface area contributed by atoms with Gasteiger partial charge in [-0.05, 0) is 31.4 Å². The number of carbonyl (C=O) groups excluding carboxylic acids is 1. The standard InChI is InChI=1S/C15H19NO6S/c1-20-15(17)12-4-2-3-7-16(12)23(18,19)11-5-6-13-14(10-11)22-9-8-21-13/h5-6,10,12H,2-4,7-9H2,1H3/t12-/m0/s1. The summed E-state index contributed by atoms with van der Waals surface area (Å²) in [5, 5.41) is 0. The zero-order valence-corrected chi connectivity index (χ0v) is 13.7. The number of fused-ring (bicyclic) bond motifs is 1. The number of rotatable bonds is 3. The molecule has 2 heterocycles. The molecule has 0 aromatic heterocycles. The van der Waals surface area contributed by atoms with Crippen LogP contribution in [0.5, 0.6) is 11.5 Å². The lowest BCUT2D eigenvalue weighted by atomic mass is 10.1. The van der Waals surface area contributed by atoms with Crippen molar-refractivity contribution in [1.29, 1.82) is 0 Å². The van der Waals surface area contributed by atoms with Gasteiger partial charge in [0.05, 0.1) is 12.0 Å². The Hall–Kier alpha value is -1.80. The van der Waals surface area contributed by atoms with E-state index < -0.39 is 22.0 Å². The lowest BCUT2D eigenvalue weighted by Crippen LogP contribution is -2.48. The molecule has 0 aliphatic carbocycles. The minimum Gasteiger partial charge on any atom is -0.486 e. The summed E-state index contributed by atoms with van der Waals surface area (Å²) in [5.41, 5.74) is 0. The van der Waals surface area contributed by atoms with Crippen molar-refractivity contribution in [1.82, 2.24) is 4.31 Å². The second-order valence-electron chi connectivity index (χ2n) is 5.46. The van der Waals surface area contributed by atoms with E-state index >= 15 is 0 Å². The molecule has 1 atom stereocenters. The summed E-state index contributed by atoms with van der Waals surface area (Å²) in [7, 11) is -2.53. The number of sulfonamides is 1. The molecule has 0 amide bonds. The van der Waals surface area contributed by atoms with E-state index in [1.807, 2.05) is 0 Å². The third-order valence-electron chi connectivity index (χ3n) is 4.05. The van der Waals surface area contributed by atoms with Gasteiger partial charge in [-0.2, -0.15) is 4.31 Å². The summed E-state index contributed by atoms with van der Waals surface area (Å²) in [6, 6.07) is 3.74. The van der Waals surface area contributed by atoms with Crippen molar-refractivity contribution < 1.29 is 27.4 Å². The highest BCUT2D eigenvalue weighted by Crippen LogP contribution is 2.34. The molecule has 0 unspecified atom stereocenters. The molecule has 0 bridgehead atoms. The van der Waals surface area contributed by atoms with Crippen LogP contribution in [-0.2, 0) is 19.6 Å². The zero-order valence-electron chi connectivity index (χ0n) is 12.9. The minimum absolute atomic E-state index is 0.0950. The molecule has 1 fully saturated rings. The number of nitrogens with zero attached hydrogens (tertiary/aromatic N) is 1. The van der Waals surface area contributed by atoms with E-state index in [1.165, 1.54) is 23.5 Å². The summed E-state index contributed by atoms with van der Waals surface area (Å²) in [5.74, 6) is 0.410. The van der Waals surface area contributed by atoms with Crippen molar-refractivity contribution >= 4 is 16.0 Å². The topological polar surface area (TPSA) is 82.1 Å². The van der Waals surface area contributed by atoms with Crippen molar-refractivity contribution in [3.63, 3.8) is 0 Å². The number of hydrogen-bond acceptors (Lipinski definition) is 6. The maximum Gasteiger partial charge on any atom is 0.324 e. The largest absolute Gasteiger partial charge is 0.486 e. The lowest BCUT2D eigenvalue weighted by Gasteiger charge is -2.32. The Kier molecular flexibility index (Phi) is 4.45. The van der Waals surface area contributed by atoms with Crippen LogP contribution in [0.1, 0.15) is 19.3 Å². The highest BCUT2D eigenvalue weighted by atomic mass is 32.2. The number of ether oxygens (including phenoxy) is 3. The molecular weight excluding hydrogens is 322 g/mol. The van der Waals surface area contributed by atoms with Gasteiger partial charge in [0.25, 0.3) is 0 Å². The summed E-state index contributed by atoms with van der Waals surface area (Å²) < 4.78 is 42.7. The molecular formula is C15H19NO6S. The highest BCUT2D eigenvalue weighted by Gasteiger charge is 2.38. The highest BCUT2D eigenvalue weighted by molar-refractivity contribution is 7.89. The summed E-state index contributed by atoms with van der Waals surface area (Å²) in [4.78, 5) is 12.0. The Morgan fingerprint density at radius 1 is 1.22 bits per heavy atom. The molecule has 2 aliphatic rings. The van der Waals surface area contributed by atoms with Crippen LogP contribution in [0.4, 0.5) is 0 Å². The normalized spacial score (nSPS) is 21.7. The smallest absolute Gasteiger partial charge is 0.324 e. The Morgan fingerprint density at radius 3 is 2.70 bits per heavy atom. The molecule has 2 aliphatic heterocycles.